The minimum Gasteiger partial charge on any atom is -0.322 e. The van der Waals surface area contributed by atoms with Gasteiger partial charge >= 0.3 is 0 Å². The summed E-state index contributed by atoms with van der Waals surface area (Å²) in [5.74, 6) is -1.12. The van der Waals surface area contributed by atoms with Crippen LogP contribution in [0.4, 0.5) is 5.69 Å². The van der Waals surface area contributed by atoms with Gasteiger partial charge in [-0.25, -0.2) is 0 Å². The lowest BCUT2D eigenvalue weighted by molar-refractivity contribution is 0.0846. The second-order valence-electron chi connectivity index (χ2n) is 8.27. The minimum atomic E-state index is -0.467. The van der Waals surface area contributed by atoms with Gasteiger partial charge in [0.05, 0.1) is 0 Å². The summed E-state index contributed by atoms with van der Waals surface area (Å²) in [4.78, 5) is 36.9. The van der Waals surface area contributed by atoms with Crippen molar-refractivity contribution in [3.05, 3.63) is 99.5 Å². The van der Waals surface area contributed by atoms with E-state index in [-0.39, 0.29) is 11.3 Å². The van der Waals surface area contributed by atoms with Crippen molar-refractivity contribution >= 4 is 39.3 Å². The molecular formula is C25H24BrN3O3. The van der Waals surface area contributed by atoms with E-state index >= 15 is 0 Å². The molecule has 0 radical (unpaired) electrons. The van der Waals surface area contributed by atoms with Gasteiger partial charge in [0.1, 0.15) is 0 Å². The molecule has 0 aliphatic rings. The molecule has 7 heteroatoms. The molecule has 0 aliphatic carbocycles. The molecule has 32 heavy (non-hydrogen) atoms. The fraction of sp³-hybridized carbons (Fsp3) is 0.160. The first-order valence-corrected chi connectivity index (χ1v) is 10.8. The van der Waals surface area contributed by atoms with Gasteiger partial charge in [-0.05, 0) is 71.6 Å². The summed E-state index contributed by atoms with van der Waals surface area (Å²) in [6.07, 6.45) is 0. The summed E-state index contributed by atoms with van der Waals surface area (Å²) in [5, 5.41) is 2.81. The van der Waals surface area contributed by atoms with Gasteiger partial charge in [0.2, 0.25) is 0 Å². The van der Waals surface area contributed by atoms with Gasteiger partial charge in [-0.15, -0.1) is 0 Å². The molecule has 0 aromatic heterocycles. The van der Waals surface area contributed by atoms with E-state index in [4.69, 9.17) is 0 Å². The topological polar surface area (TPSA) is 87.3 Å². The van der Waals surface area contributed by atoms with Crippen molar-refractivity contribution in [3.63, 3.8) is 0 Å². The lowest BCUT2D eigenvalue weighted by Crippen LogP contribution is -2.41. The Morgan fingerprint density at radius 2 is 1.03 bits per heavy atom. The van der Waals surface area contributed by atoms with Gasteiger partial charge in [-0.3, -0.25) is 25.2 Å². The predicted octanol–water partition coefficient (Wildman–Crippen LogP) is 5.07. The number of nitrogens with one attached hydrogen (secondary N) is 3. The molecule has 0 bridgehead atoms. The monoisotopic (exact) mass is 493 g/mol. The van der Waals surface area contributed by atoms with Crippen LogP contribution in [0, 0.1) is 0 Å². The molecule has 3 N–H and O–H groups in total. The number of carbonyl (C=O) groups is 3. The summed E-state index contributed by atoms with van der Waals surface area (Å²) in [5.41, 5.74) is 7.79. The van der Waals surface area contributed by atoms with Gasteiger partial charge < -0.3 is 5.32 Å². The Hall–Kier alpha value is -3.45. The Bertz CT molecular complexity index is 1120. The molecule has 3 amide bonds. The molecule has 3 aromatic carbocycles. The third kappa shape index (κ3) is 6.04. The Morgan fingerprint density at radius 1 is 0.625 bits per heavy atom. The molecule has 0 aliphatic heterocycles. The third-order valence-corrected chi connectivity index (χ3v) is 5.34. The van der Waals surface area contributed by atoms with Crippen molar-refractivity contribution in [2.45, 2.75) is 26.2 Å². The van der Waals surface area contributed by atoms with E-state index in [9.17, 15) is 14.4 Å². The molecule has 0 saturated carbocycles. The molecule has 0 saturated heterocycles. The third-order valence-electron chi connectivity index (χ3n) is 4.81. The highest BCUT2D eigenvalue weighted by molar-refractivity contribution is 9.10. The summed E-state index contributed by atoms with van der Waals surface area (Å²) in [7, 11) is 0. The van der Waals surface area contributed by atoms with Crippen LogP contribution < -0.4 is 16.2 Å². The number of rotatable bonds is 4. The van der Waals surface area contributed by atoms with Crippen molar-refractivity contribution in [1.82, 2.24) is 10.9 Å². The standard InChI is InChI=1S/C25H24BrN3O3/c1-25(2,3)19-10-4-16(5-11-19)22(30)27-21-14-8-18(9-15-21)24(32)29-28-23(31)17-6-12-20(26)13-7-17/h4-15H,1-3H3,(H,27,30)(H,28,31)(H,29,32). The van der Waals surface area contributed by atoms with Crippen LogP contribution >= 0.6 is 15.9 Å². The summed E-state index contributed by atoms with van der Waals surface area (Å²) in [6, 6.07) is 20.6. The molecule has 6 nitrogen and oxygen atoms in total. The fourth-order valence-electron chi connectivity index (χ4n) is 2.89. The average Bonchev–Trinajstić information content (AvgIpc) is 2.77. The molecule has 0 unspecified atom stereocenters. The molecule has 3 rings (SSSR count). The van der Waals surface area contributed by atoms with Gasteiger partial charge in [0, 0.05) is 26.9 Å². The summed E-state index contributed by atoms with van der Waals surface area (Å²) in [6.45, 7) is 6.35. The van der Waals surface area contributed by atoms with E-state index in [1.165, 1.54) is 0 Å². The van der Waals surface area contributed by atoms with E-state index in [1.807, 2.05) is 12.1 Å². The van der Waals surface area contributed by atoms with E-state index in [2.05, 4.69) is 52.9 Å². The highest BCUT2D eigenvalue weighted by Gasteiger charge is 2.15. The van der Waals surface area contributed by atoms with Crippen molar-refractivity contribution in [2.75, 3.05) is 5.32 Å². The first-order chi connectivity index (χ1) is 15.1. The van der Waals surface area contributed by atoms with Gasteiger partial charge in [0.15, 0.2) is 0 Å². The van der Waals surface area contributed by atoms with E-state index in [0.29, 0.717) is 22.4 Å². The van der Waals surface area contributed by atoms with Crippen LogP contribution in [0.1, 0.15) is 57.4 Å². The molecule has 3 aromatic rings. The summed E-state index contributed by atoms with van der Waals surface area (Å²) >= 11 is 3.30. The Kier molecular flexibility index (Phi) is 7.10. The van der Waals surface area contributed by atoms with Crippen LogP contribution in [0.2, 0.25) is 0 Å². The van der Waals surface area contributed by atoms with Crippen LogP contribution in [0.3, 0.4) is 0 Å². The number of hydrogen-bond acceptors (Lipinski definition) is 3. The second kappa shape index (κ2) is 9.78. The molecule has 164 valence electrons. The van der Waals surface area contributed by atoms with Crippen LogP contribution in [0.5, 0.6) is 0 Å². The van der Waals surface area contributed by atoms with Crippen molar-refractivity contribution < 1.29 is 14.4 Å². The van der Waals surface area contributed by atoms with Crippen molar-refractivity contribution in [2.24, 2.45) is 0 Å². The quantitative estimate of drug-likeness (QED) is 0.443. The number of hydrazine groups is 1. The Balaban J connectivity index is 1.56. The molecule has 0 spiro atoms. The largest absolute Gasteiger partial charge is 0.322 e. The fourth-order valence-corrected chi connectivity index (χ4v) is 3.15. The van der Waals surface area contributed by atoms with E-state index in [0.717, 1.165) is 10.0 Å². The molecule has 0 heterocycles. The van der Waals surface area contributed by atoms with Crippen LogP contribution in [-0.4, -0.2) is 17.7 Å². The number of benzene rings is 3. The summed E-state index contributed by atoms with van der Waals surface area (Å²) < 4.78 is 0.854. The highest BCUT2D eigenvalue weighted by atomic mass is 79.9. The number of carbonyl (C=O) groups excluding carboxylic acids is 3. The maximum Gasteiger partial charge on any atom is 0.269 e. The van der Waals surface area contributed by atoms with Crippen LogP contribution in [0.25, 0.3) is 0 Å². The van der Waals surface area contributed by atoms with Crippen LogP contribution in [-0.2, 0) is 5.41 Å². The number of amides is 3. The number of hydrogen-bond donors (Lipinski definition) is 3. The molecule has 0 fully saturated rings. The van der Waals surface area contributed by atoms with Gasteiger partial charge in [-0.1, -0.05) is 48.8 Å². The van der Waals surface area contributed by atoms with Gasteiger partial charge in [-0.2, -0.15) is 0 Å². The SMILES string of the molecule is CC(C)(C)c1ccc(C(=O)Nc2ccc(C(=O)NNC(=O)c3ccc(Br)cc3)cc2)cc1. The van der Waals surface area contributed by atoms with Crippen molar-refractivity contribution in [3.8, 4) is 0 Å². The van der Waals surface area contributed by atoms with Crippen molar-refractivity contribution in [1.29, 1.82) is 0 Å². The highest BCUT2D eigenvalue weighted by Crippen LogP contribution is 2.22. The molecular weight excluding hydrogens is 470 g/mol. The molecule has 0 atom stereocenters. The minimum absolute atomic E-state index is 0.0170. The van der Waals surface area contributed by atoms with E-state index in [1.54, 1.807) is 60.7 Å². The maximum atomic E-state index is 12.5. The zero-order valence-corrected chi connectivity index (χ0v) is 19.6. The van der Waals surface area contributed by atoms with Gasteiger partial charge in [0.25, 0.3) is 17.7 Å². The Labute approximate surface area is 195 Å². The number of halogens is 1. The average molecular weight is 494 g/mol. The zero-order chi connectivity index (χ0) is 23.3. The smallest absolute Gasteiger partial charge is 0.269 e. The Morgan fingerprint density at radius 3 is 1.50 bits per heavy atom. The van der Waals surface area contributed by atoms with Crippen LogP contribution in [0.15, 0.2) is 77.3 Å². The number of anilines is 1. The zero-order valence-electron chi connectivity index (χ0n) is 18.0. The lowest BCUT2D eigenvalue weighted by atomic mass is 9.87. The van der Waals surface area contributed by atoms with E-state index < -0.39 is 11.8 Å². The predicted molar refractivity (Wildman–Crippen MR) is 129 cm³/mol. The first kappa shape index (κ1) is 23.2. The second-order valence-corrected chi connectivity index (χ2v) is 9.19. The maximum absolute atomic E-state index is 12.5. The lowest BCUT2D eigenvalue weighted by Gasteiger charge is -2.19. The first-order valence-electron chi connectivity index (χ1n) is 10.0. The normalized spacial score (nSPS) is 10.9.